The van der Waals surface area contributed by atoms with Gasteiger partial charge in [0.25, 0.3) is 5.91 Å². The normalized spacial score (nSPS) is 15.0. The van der Waals surface area contributed by atoms with Gasteiger partial charge in [-0.05, 0) is 62.1 Å². The van der Waals surface area contributed by atoms with Gasteiger partial charge < -0.3 is 10.1 Å². The highest BCUT2D eigenvalue weighted by Crippen LogP contribution is 2.27. The number of amides is 1. The molecule has 1 fully saturated rings. The average Bonchev–Trinajstić information content (AvgIpc) is 3.48. The Bertz CT molecular complexity index is 1110. The predicted molar refractivity (Wildman–Crippen MR) is 138 cm³/mol. The van der Waals surface area contributed by atoms with Crippen molar-refractivity contribution in [3.8, 4) is 5.75 Å². The van der Waals surface area contributed by atoms with Crippen molar-refractivity contribution in [2.75, 3.05) is 19.7 Å². The lowest BCUT2D eigenvalue weighted by Gasteiger charge is -2.27. The molecule has 0 bridgehead atoms. The maximum atomic E-state index is 13.0. The van der Waals surface area contributed by atoms with Gasteiger partial charge in [0, 0.05) is 34.4 Å². The van der Waals surface area contributed by atoms with Crippen LogP contribution in [0.3, 0.4) is 0 Å². The second-order valence-corrected chi connectivity index (χ2v) is 10.2. The van der Waals surface area contributed by atoms with Gasteiger partial charge in [0.2, 0.25) is 0 Å². The zero-order valence-corrected chi connectivity index (χ0v) is 21.7. The van der Waals surface area contributed by atoms with E-state index in [1.54, 1.807) is 0 Å². The highest BCUT2D eigenvalue weighted by molar-refractivity contribution is 9.10. The number of aryl methyl sites for hydroxylation is 1. The first-order valence-corrected chi connectivity index (χ1v) is 12.8. The predicted octanol–water partition coefficient (Wildman–Crippen LogP) is 5.56. The largest absolute Gasteiger partial charge is 0.493 e. The molecule has 0 radical (unpaired) electrons. The van der Waals surface area contributed by atoms with Crippen LogP contribution in [-0.2, 0) is 6.54 Å². The first kappa shape index (κ1) is 24.5. The summed E-state index contributed by atoms with van der Waals surface area (Å²) in [6, 6.07) is 17.6. The van der Waals surface area contributed by atoms with Gasteiger partial charge in [0.05, 0.1) is 18.8 Å². The molecule has 1 aromatic heterocycles. The lowest BCUT2D eigenvalue weighted by Crippen LogP contribution is -2.40. The van der Waals surface area contributed by atoms with Crippen molar-refractivity contribution in [2.45, 2.75) is 46.3 Å². The zero-order valence-electron chi connectivity index (χ0n) is 20.1. The second-order valence-electron chi connectivity index (χ2n) is 9.31. The fourth-order valence-electron chi connectivity index (χ4n) is 4.21. The van der Waals surface area contributed by atoms with E-state index in [2.05, 4.69) is 59.1 Å². The van der Waals surface area contributed by atoms with Crippen molar-refractivity contribution in [3.63, 3.8) is 0 Å². The standard InChI is InChI=1S/C27H33BrN4O2/c1-19(2)18-34-25-12-11-23(28)16-22(25)17-32-20(3)15-24(30-32)26(31-13-7-8-14-31)29-27(33)21-9-5-4-6-10-21/h4-6,9-12,15-16,19,26H,7-8,13-14,17-18H2,1-3H3,(H,29,33). The van der Waals surface area contributed by atoms with Crippen LogP contribution in [0.1, 0.15) is 60.2 Å². The number of hydrogen-bond acceptors (Lipinski definition) is 4. The zero-order chi connectivity index (χ0) is 24.1. The van der Waals surface area contributed by atoms with Gasteiger partial charge in [0.15, 0.2) is 0 Å². The molecule has 0 spiro atoms. The molecule has 1 aliphatic heterocycles. The Kier molecular flexibility index (Phi) is 8.06. The van der Waals surface area contributed by atoms with Gasteiger partial charge in [-0.15, -0.1) is 0 Å². The SMILES string of the molecule is Cc1cc(C(NC(=O)c2ccccc2)N2CCCC2)nn1Cc1cc(Br)ccc1OCC(C)C. The smallest absolute Gasteiger partial charge is 0.252 e. The van der Waals surface area contributed by atoms with Gasteiger partial charge in [0.1, 0.15) is 11.9 Å². The third-order valence-corrected chi connectivity index (χ3v) is 6.50. The number of carbonyl (C=O) groups excluding carboxylic acids is 1. The number of likely N-dealkylation sites (tertiary alicyclic amines) is 1. The molecule has 180 valence electrons. The van der Waals surface area contributed by atoms with Gasteiger partial charge in [-0.1, -0.05) is 48.0 Å². The minimum absolute atomic E-state index is 0.0823. The van der Waals surface area contributed by atoms with Crippen LogP contribution < -0.4 is 10.1 Å². The number of aromatic nitrogens is 2. The van der Waals surface area contributed by atoms with Crippen molar-refractivity contribution in [1.29, 1.82) is 0 Å². The van der Waals surface area contributed by atoms with Crippen molar-refractivity contribution < 1.29 is 9.53 Å². The first-order chi connectivity index (χ1) is 16.4. The van der Waals surface area contributed by atoms with Gasteiger partial charge in [-0.3, -0.25) is 14.4 Å². The lowest BCUT2D eigenvalue weighted by atomic mass is 10.2. The molecule has 34 heavy (non-hydrogen) atoms. The van der Waals surface area contributed by atoms with Crippen molar-refractivity contribution in [1.82, 2.24) is 20.0 Å². The summed E-state index contributed by atoms with van der Waals surface area (Å²) in [5.41, 5.74) is 3.63. The van der Waals surface area contributed by atoms with E-state index >= 15 is 0 Å². The van der Waals surface area contributed by atoms with Crippen molar-refractivity contribution in [3.05, 3.63) is 81.6 Å². The molecule has 1 saturated heterocycles. The van der Waals surface area contributed by atoms with Crippen LogP contribution in [-0.4, -0.2) is 40.3 Å². The summed E-state index contributed by atoms with van der Waals surface area (Å²) in [7, 11) is 0. The van der Waals surface area contributed by atoms with Gasteiger partial charge >= 0.3 is 0 Å². The Morgan fingerprint density at radius 2 is 1.85 bits per heavy atom. The molecule has 1 atom stereocenters. The Morgan fingerprint density at radius 3 is 2.56 bits per heavy atom. The van der Waals surface area contributed by atoms with E-state index < -0.39 is 0 Å². The molecule has 7 heteroatoms. The van der Waals surface area contributed by atoms with Crippen LogP contribution in [0.15, 0.2) is 59.1 Å². The number of nitrogens with one attached hydrogen (secondary N) is 1. The number of rotatable bonds is 9. The monoisotopic (exact) mass is 524 g/mol. The fourth-order valence-corrected chi connectivity index (χ4v) is 4.62. The maximum absolute atomic E-state index is 13.0. The van der Waals surface area contributed by atoms with E-state index in [-0.39, 0.29) is 12.1 Å². The minimum Gasteiger partial charge on any atom is -0.493 e. The molecule has 0 saturated carbocycles. The highest BCUT2D eigenvalue weighted by Gasteiger charge is 2.28. The third kappa shape index (κ3) is 6.07. The average molecular weight is 525 g/mol. The molecule has 2 aromatic carbocycles. The summed E-state index contributed by atoms with van der Waals surface area (Å²) in [5.74, 6) is 1.24. The Balaban J connectivity index is 1.58. The number of benzene rings is 2. The van der Waals surface area contributed by atoms with Crippen LogP contribution in [0.2, 0.25) is 0 Å². The van der Waals surface area contributed by atoms with Crippen LogP contribution in [0, 0.1) is 12.8 Å². The quantitative estimate of drug-likeness (QED) is 0.398. The highest BCUT2D eigenvalue weighted by atomic mass is 79.9. The molecule has 1 aliphatic rings. The molecule has 3 aromatic rings. The maximum Gasteiger partial charge on any atom is 0.252 e. The fraction of sp³-hybridized carbons (Fsp3) is 0.407. The first-order valence-electron chi connectivity index (χ1n) is 12.0. The lowest BCUT2D eigenvalue weighted by molar-refractivity contribution is 0.0867. The third-order valence-electron chi connectivity index (χ3n) is 6.00. The van der Waals surface area contributed by atoms with E-state index in [0.29, 0.717) is 24.6 Å². The molecule has 6 nitrogen and oxygen atoms in total. The van der Waals surface area contributed by atoms with E-state index in [9.17, 15) is 4.79 Å². The number of carbonyl (C=O) groups is 1. The van der Waals surface area contributed by atoms with E-state index in [4.69, 9.17) is 9.84 Å². The molecule has 1 unspecified atom stereocenters. The number of ether oxygens (including phenoxy) is 1. The Labute approximate surface area is 210 Å². The van der Waals surface area contributed by atoms with E-state index in [1.165, 1.54) is 0 Å². The molecule has 1 N–H and O–H groups in total. The number of nitrogens with zero attached hydrogens (tertiary/aromatic N) is 3. The molecule has 4 rings (SSSR count). The van der Waals surface area contributed by atoms with Crippen molar-refractivity contribution >= 4 is 21.8 Å². The van der Waals surface area contributed by atoms with Crippen LogP contribution >= 0.6 is 15.9 Å². The summed E-state index contributed by atoms with van der Waals surface area (Å²) in [4.78, 5) is 15.3. The number of hydrogen-bond donors (Lipinski definition) is 1. The topological polar surface area (TPSA) is 59.4 Å². The van der Waals surface area contributed by atoms with E-state index in [1.807, 2.05) is 47.1 Å². The summed E-state index contributed by atoms with van der Waals surface area (Å²) in [6.07, 6.45) is 2.01. The molecular formula is C27H33BrN4O2. The second kappa shape index (κ2) is 11.2. The summed E-state index contributed by atoms with van der Waals surface area (Å²) >= 11 is 3.59. The Hall–Kier alpha value is -2.64. The molecule has 0 aliphatic carbocycles. The van der Waals surface area contributed by atoms with Crippen LogP contribution in [0.25, 0.3) is 0 Å². The van der Waals surface area contributed by atoms with Gasteiger partial charge in [-0.2, -0.15) is 5.10 Å². The Morgan fingerprint density at radius 1 is 1.12 bits per heavy atom. The summed E-state index contributed by atoms with van der Waals surface area (Å²) in [6.45, 7) is 9.51. The number of halogens is 1. The summed E-state index contributed by atoms with van der Waals surface area (Å²) < 4.78 is 9.08. The van der Waals surface area contributed by atoms with Crippen LogP contribution in [0.5, 0.6) is 5.75 Å². The summed E-state index contributed by atoms with van der Waals surface area (Å²) in [5, 5.41) is 8.18. The minimum atomic E-state index is -0.255. The van der Waals surface area contributed by atoms with Crippen molar-refractivity contribution in [2.24, 2.45) is 5.92 Å². The van der Waals surface area contributed by atoms with E-state index in [0.717, 1.165) is 53.1 Å². The molecule has 2 heterocycles. The molecular weight excluding hydrogens is 492 g/mol. The van der Waals surface area contributed by atoms with Crippen LogP contribution in [0.4, 0.5) is 0 Å². The molecule has 1 amide bonds. The van der Waals surface area contributed by atoms with Gasteiger partial charge in [-0.25, -0.2) is 0 Å².